The third kappa shape index (κ3) is 1.67. The van der Waals surface area contributed by atoms with Crippen LogP contribution in [0.15, 0.2) is 12.3 Å². The Hall–Kier alpha value is -1.03. The molecule has 2 heterocycles. The van der Waals surface area contributed by atoms with Gasteiger partial charge in [0.2, 0.25) is 5.95 Å². The molecule has 0 bridgehead atoms. The molecule has 0 aliphatic carbocycles. The molecular formula is C9H10F2N2. The first-order valence-electron chi connectivity index (χ1n) is 4.31. The topological polar surface area (TPSA) is 24.9 Å². The van der Waals surface area contributed by atoms with E-state index >= 15 is 0 Å². The normalized spacial score (nSPS) is 22.2. The Labute approximate surface area is 75.0 Å². The van der Waals surface area contributed by atoms with Gasteiger partial charge in [-0.15, -0.1) is 0 Å². The van der Waals surface area contributed by atoms with Gasteiger partial charge >= 0.3 is 0 Å². The van der Waals surface area contributed by atoms with Gasteiger partial charge in [-0.05, 0) is 31.0 Å². The van der Waals surface area contributed by atoms with Crippen molar-refractivity contribution < 1.29 is 8.78 Å². The van der Waals surface area contributed by atoms with E-state index in [-0.39, 0.29) is 6.04 Å². The summed E-state index contributed by atoms with van der Waals surface area (Å²) < 4.78 is 25.2. The summed E-state index contributed by atoms with van der Waals surface area (Å²) in [4.78, 5) is 3.34. The first-order valence-corrected chi connectivity index (χ1v) is 4.31. The molecule has 0 spiro atoms. The fourth-order valence-corrected chi connectivity index (χ4v) is 1.60. The second-order valence-corrected chi connectivity index (χ2v) is 3.19. The van der Waals surface area contributed by atoms with Crippen molar-refractivity contribution in [1.29, 1.82) is 0 Å². The zero-order valence-electron chi connectivity index (χ0n) is 7.06. The zero-order chi connectivity index (χ0) is 9.26. The largest absolute Gasteiger partial charge is 0.310 e. The predicted octanol–water partition coefficient (Wildman–Crippen LogP) is 1.78. The summed E-state index contributed by atoms with van der Waals surface area (Å²) >= 11 is 0. The molecule has 4 heteroatoms. The summed E-state index contributed by atoms with van der Waals surface area (Å²) in [5.41, 5.74) is 0.733. The Bertz CT molecular complexity index is 308. The van der Waals surface area contributed by atoms with Gasteiger partial charge in [0, 0.05) is 12.2 Å². The number of hydrogen-bond acceptors (Lipinski definition) is 2. The van der Waals surface area contributed by atoms with Crippen molar-refractivity contribution in [3.05, 3.63) is 29.6 Å². The average Bonchev–Trinajstić information content (AvgIpc) is 2.62. The monoisotopic (exact) mass is 184 g/mol. The molecule has 1 aromatic heterocycles. The van der Waals surface area contributed by atoms with Gasteiger partial charge in [0.15, 0.2) is 5.82 Å². The highest BCUT2D eigenvalue weighted by Crippen LogP contribution is 2.22. The van der Waals surface area contributed by atoms with Gasteiger partial charge in [-0.1, -0.05) is 0 Å². The highest BCUT2D eigenvalue weighted by atomic mass is 19.2. The maximum atomic E-state index is 12.8. The number of halogens is 2. The first-order chi connectivity index (χ1) is 6.27. The molecule has 2 rings (SSSR count). The van der Waals surface area contributed by atoms with Crippen LogP contribution in [-0.2, 0) is 0 Å². The molecule has 0 saturated carbocycles. The quantitative estimate of drug-likeness (QED) is 0.673. The molecule has 1 aromatic rings. The molecular weight excluding hydrogens is 174 g/mol. The molecule has 0 amide bonds. The van der Waals surface area contributed by atoms with Crippen molar-refractivity contribution in [2.45, 2.75) is 18.9 Å². The highest BCUT2D eigenvalue weighted by Gasteiger charge is 2.17. The van der Waals surface area contributed by atoms with Crippen LogP contribution in [0.3, 0.4) is 0 Å². The molecule has 2 nitrogen and oxygen atoms in total. The molecule has 1 atom stereocenters. The smallest absolute Gasteiger partial charge is 0.248 e. The van der Waals surface area contributed by atoms with Gasteiger partial charge in [-0.25, -0.2) is 9.37 Å². The fraction of sp³-hybridized carbons (Fsp3) is 0.444. The molecule has 1 saturated heterocycles. The maximum absolute atomic E-state index is 12.8. The van der Waals surface area contributed by atoms with E-state index in [1.807, 2.05) is 0 Å². The molecule has 0 aromatic carbocycles. The van der Waals surface area contributed by atoms with E-state index in [0.717, 1.165) is 24.9 Å². The highest BCUT2D eigenvalue weighted by molar-refractivity contribution is 5.16. The van der Waals surface area contributed by atoms with E-state index < -0.39 is 11.8 Å². The standard InChI is InChI=1S/C9H10F2N2/c10-7-4-6(5-13-9(7)11)8-2-1-3-12-8/h4-5,8,12H,1-3H2. The number of nitrogens with one attached hydrogen (secondary N) is 1. The Kier molecular flexibility index (Phi) is 2.22. The Morgan fingerprint density at radius 2 is 2.31 bits per heavy atom. The van der Waals surface area contributed by atoms with Crippen LogP contribution in [0.4, 0.5) is 8.78 Å². The summed E-state index contributed by atoms with van der Waals surface area (Å²) in [6.45, 7) is 0.934. The van der Waals surface area contributed by atoms with Crippen LogP contribution in [0.1, 0.15) is 24.4 Å². The van der Waals surface area contributed by atoms with Crippen LogP contribution in [0, 0.1) is 11.8 Å². The van der Waals surface area contributed by atoms with Gasteiger partial charge in [-0.2, -0.15) is 4.39 Å². The van der Waals surface area contributed by atoms with E-state index in [1.165, 1.54) is 12.3 Å². The minimum Gasteiger partial charge on any atom is -0.310 e. The van der Waals surface area contributed by atoms with Gasteiger partial charge in [-0.3, -0.25) is 0 Å². The Morgan fingerprint density at radius 1 is 1.46 bits per heavy atom. The van der Waals surface area contributed by atoms with E-state index in [0.29, 0.717) is 0 Å². The van der Waals surface area contributed by atoms with E-state index in [2.05, 4.69) is 10.3 Å². The van der Waals surface area contributed by atoms with Gasteiger partial charge < -0.3 is 5.32 Å². The lowest BCUT2D eigenvalue weighted by atomic mass is 10.1. The fourth-order valence-electron chi connectivity index (χ4n) is 1.60. The van der Waals surface area contributed by atoms with Crippen LogP contribution in [0.2, 0.25) is 0 Å². The van der Waals surface area contributed by atoms with Crippen LogP contribution in [-0.4, -0.2) is 11.5 Å². The molecule has 1 fully saturated rings. The van der Waals surface area contributed by atoms with Gasteiger partial charge in [0.05, 0.1) is 0 Å². The van der Waals surface area contributed by atoms with Crippen LogP contribution < -0.4 is 5.32 Å². The van der Waals surface area contributed by atoms with E-state index in [9.17, 15) is 8.78 Å². The van der Waals surface area contributed by atoms with Crippen molar-refractivity contribution >= 4 is 0 Å². The number of hydrogen-bond donors (Lipinski definition) is 1. The summed E-state index contributed by atoms with van der Waals surface area (Å²) in [6.07, 6.45) is 3.43. The second kappa shape index (κ2) is 3.38. The SMILES string of the molecule is Fc1cc(C2CCCN2)cnc1F. The minimum atomic E-state index is -1.03. The van der Waals surface area contributed by atoms with Crippen LogP contribution in [0.25, 0.3) is 0 Å². The molecule has 1 unspecified atom stereocenters. The van der Waals surface area contributed by atoms with Crippen molar-refractivity contribution in [3.8, 4) is 0 Å². The van der Waals surface area contributed by atoms with E-state index in [4.69, 9.17) is 0 Å². The zero-order valence-corrected chi connectivity index (χ0v) is 7.06. The number of aromatic nitrogens is 1. The van der Waals surface area contributed by atoms with E-state index in [1.54, 1.807) is 0 Å². The van der Waals surface area contributed by atoms with Gasteiger partial charge in [0.25, 0.3) is 0 Å². The number of pyridine rings is 1. The van der Waals surface area contributed by atoms with Gasteiger partial charge in [0.1, 0.15) is 0 Å². The molecule has 70 valence electrons. The average molecular weight is 184 g/mol. The third-order valence-corrected chi connectivity index (χ3v) is 2.28. The molecule has 1 aliphatic heterocycles. The summed E-state index contributed by atoms with van der Waals surface area (Å²) in [5.74, 6) is -1.90. The number of nitrogens with zero attached hydrogens (tertiary/aromatic N) is 1. The lowest BCUT2D eigenvalue weighted by Crippen LogP contribution is -2.13. The molecule has 13 heavy (non-hydrogen) atoms. The summed E-state index contributed by atoms with van der Waals surface area (Å²) in [5, 5.41) is 3.19. The predicted molar refractivity (Wildman–Crippen MR) is 44.1 cm³/mol. The molecule has 0 radical (unpaired) electrons. The van der Waals surface area contributed by atoms with Crippen LogP contribution in [0.5, 0.6) is 0 Å². The summed E-state index contributed by atoms with van der Waals surface area (Å²) in [6, 6.07) is 1.35. The Morgan fingerprint density at radius 3 is 2.92 bits per heavy atom. The van der Waals surface area contributed by atoms with Crippen molar-refractivity contribution in [1.82, 2.24) is 10.3 Å². The van der Waals surface area contributed by atoms with Crippen LogP contribution >= 0.6 is 0 Å². The van der Waals surface area contributed by atoms with Crippen molar-refractivity contribution in [2.75, 3.05) is 6.54 Å². The summed E-state index contributed by atoms with van der Waals surface area (Å²) in [7, 11) is 0. The lowest BCUT2D eigenvalue weighted by Gasteiger charge is -2.09. The first kappa shape index (κ1) is 8.56. The lowest BCUT2D eigenvalue weighted by molar-refractivity contribution is 0.473. The minimum absolute atomic E-state index is 0.141. The molecule has 1 N–H and O–H groups in total. The van der Waals surface area contributed by atoms with Crippen molar-refractivity contribution in [3.63, 3.8) is 0 Å². The third-order valence-electron chi connectivity index (χ3n) is 2.28. The second-order valence-electron chi connectivity index (χ2n) is 3.19. The maximum Gasteiger partial charge on any atom is 0.248 e. The van der Waals surface area contributed by atoms with Crippen molar-refractivity contribution in [2.24, 2.45) is 0 Å². The molecule has 1 aliphatic rings. The Balaban J connectivity index is 2.25. The number of rotatable bonds is 1.